The van der Waals surface area contributed by atoms with Gasteiger partial charge < -0.3 is 5.32 Å². The van der Waals surface area contributed by atoms with Crippen molar-refractivity contribution in [3.05, 3.63) is 71.1 Å². The van der Waals surface area contributed by atoms with Crippen LogP contribution in [0.3, 0.4) is 0 Å². The third kappa shape index (κ3) is 2.71. The fourth-order valence-corrected chi connectivity index (χ4v) is 2.26. The molecule has 1 amide bonds. The second-order valence-corrected chi connectivity index (χ2v) is 4.89. The minimum Gasteiger partial charge on any atom is -0.319 e. The summed E-state index contributed by atoms with van der Waals surface area (Å²) < 4.78 is 13.7. The number of anilines is 1. The first-order valence-electron chi connectivity index (χ1n) is 6.25. The topological polar surface area (TPSA) is 42.0 Å². The number of hydrogen-bond donors (Lipinski definition) is 1. The minimum atomic E-state index is -0.536. The van der Waals surface area contributed by atoms with Crippen LogP contribution in [-0.2, 0) is 0 Å². The standard InChI is InChI=1S/C16H10ClFN2O/c17-10-6-7-13(18)15(9-10)20-16(21)12-3-1-5-14-11(12)4-2-8-19-14/h1-9H,(H,20,21). The summed E-state index contributed by atoms with van der Waals surface area (Å²) in [5.41, 5.74) is 1.19. The number of nitrogens with one attached hydrogen (secondary N) is 1. The van der Waals surface area contributed by atoms with Gasteiger partial charge in [0.25, 0.3) is 5.91 Å². The van der Waals surface area contributed by atoms with Crippen LogP contribution < -0.4 is 5.32 Å². The highest BCUT2D eigenvalue weighted by atomic mass is 35.5. The number of carbonyl (C=O) groups excluding carboxylic acids is 1. The second-order valence-electron chi connectivity index (χ2n) is 4.45. The molecule has 0 saturated carbocycles. The van der Waals surface area contributed by atoms with Crippen molar-refractivity contribution in [2.24, 2.45) is 0 Å². The van der Waals surface area contributed by atoms with Gasteiger partial charge in [-0.05, 0) is 36.4 Å². The molecule has 1 N–H and O–H groups in total. The molecule has 5 heteroatoms. The largest absolute Gasteiger partial charge is 0.319 e. The highest BCUT2D eigenvalue weighted by molar-refractivity contribution is 6.31. The SMILES string of the molecule is O=C(Nc1cc(Cl)ccc1F)c1cccc2ncccc12. The third-order valence-electron chi connectivity index (χ3n) is 3.07. The van der Waals surface area contributed by atoms with Crippen LogP contribution in [0.2, 0.25) is 5.02 Å². The van der Waals surface area contributed by atoms with Gasteiger partial charge in [-0.2, -0.15) is 0 Å². The zero-order valence-corrected chi connectivity index (χ0v) is 11.6. The Kier molecular flexibility index (Phi) is 3.54. The first-order valence-corrected chi connectivity index (χ1v) is 6.63. The average molecular weight is 301 g/mol. The van der Waals surface area contributed by atoms with Crippen LogP contribution in [-0.4, -0.2) is 10.9 Å². The summed E-state index contributed by atoms with van der Waals surface area (Å²) in [4.78, 5) is 16.5. The van der Waals surface area contributed by atoms with Gasteiger partial charge in [0.2, 0.25) is 0 Å². The maximum atomic E-state index is 13.7. The first-order chi connectivity index (χ1) is 10.1. The van der Waals surface area contributed by atoms with Crippen LogP contribution in [0.1, 0.15) is 10.4 Å². The van der Waals surface area contributed by atoms with Gasteiger partial charge in [0.1, 0.15) is 5.82 Å². The van der Waals surface area contributed by atoms with E-state index in [9.17, 15) is 9.18 Å². The maximum absolute atomic E-state index is 13.7. The zero-order valence-electron chi connectivity index (χ0n) is 10.8. The van der Waals surface area contributed by atoms with Crippen molar-refractivity contribution in [1.29, 1.82) is 0 Å². The highest BCUT2D eigenvalue weighted by Crippen LogP contribution is 2.22. The molecule has 104 valence electrons. The van der Waals surface area contributed by atoms with Crippen molar-refractivity contribution >= 4 is 34.1 Å². The highest BCUT2D eigenvalue weighted by Gasteiger charge is 2.12. The van der Waals surface area contributed by atoms with Crippen molar-refractivity contribution < 1.29 is 9.18 Å². The number of pyridine rings is 1. The van der Waals surface area contributed by atoms with Crippen LogP contribution in [0.4, 0.5) is 10.1 Å². The number of aromatic nitrogens is 1. The summed E-state index contributed by atoms with van der Waals surface area (Å²) in [6.07, 6.45) is 1.65. The Labute approximate surface area is 125 Å². The molecule has 0 aliphatic heterocycles. The van der Waals surface area contributed by atoms with Gasteiger partial charge in [-0.1, -0.05) is 23.7 Å². The van der Waals surface area contributed by atoms with E-state index in [1.807, 2.05) is 6.07 Å². The first kappa shape index (κ1) is 13.5. The van der Waals surface area contributed by atoms with Gasteiger partial charge in [0, 0.05) is 22.2 Å². The van der Waals surface area contributed by atoms with Crippen molar-refractivity contribution in [2.75, 3.05) is 5.32 Å². The third-order valence-corrected chi connectivity index (χ3v) is 3.30. The van der Waals surface area contributed by atoms with E-state index < -0.39 is 11.7 Å². The van der Waals surface area contributed by atoms with Crippen molar-refractivity contribution in [1.82, 2.24) is 4.98 Å². The Morgan fingerprint density at radius 2 is 2.00 bits per heavy atom. The lowest BCUT2D eigenvalue weighted by atomic mass is 10.1. The summed E-state index contributed by atoms with van der Waals surface area (Å²) in [6.45, 7) is 0. The van der Waals surface area contributed by atoms with E-state index >= 15 is 0 Å². The molecule has 0 radical (unpaired) electrons. The molecule has 2 aromatic carbocycles. The van der Waals surface area contributed by atoms with Gasteiger partial charge in [-0.3, -0.25) is 9.78 Å². The lowest BCUT2D eigenvalue weighted by Crippen LogP contribution is -2.13. The summed E-state index contributed by atoms with van der Waals surface area (Å²) in [7, 11) is 0. The van der Waals surface area contributed by atoms with E-state index in [-0.39, 0.29) is 5.69 Å². The predicted molar refractivity (Wildman–Crippen MR) is 81.1 cm³/mol. The molecule has 3 aromatic rings. The number of hydrogen-bond acceptors (Lipinski definition) is 2. The van der Waals surface area contributed by atoms with Gasteiger partial charge in [0.15, 0.2) is 0 Å². The molecule has 0 bridgehead atoms. The fourth-order valence-electron chi connectivity index (χ4n) is 2.08. The quantitative estimate of drug-likeness (QED) is 0.767. The second kappa shape index (κ2) is 5.50. The minimum absolute atomic E-state index is 0.0494. The van der Waals surface area contributed by atoms with E-state index in [0.29, 0.717) is 21.5 Å². The molecule has 0 saturated heterocycles. The molecular formula is C16H10ClFN2O. The number of halogens is 2. The number of carbonyl (C=O) groups is 1. The van der Waals surface area contributed by atoms with Gasteiger partial charge in [-0.25, -0.2) is 4.39 Å². The Morgan fingerprint density at radius 1 is 1.14 bits per heavy atom. The lowest BCUT2D eigenvalue weighted by molar-refractivity contribution is 0.102. The molecule has 21 heavy (non-hydrogen) atoms. The summed E-state index contributed by atoms with van der Waals surface area (Å²) >= 11 is 5.81. The number of nitrogens with zero attached hydrogens (tertiary/aromatic N) is 1. The van der Waals surface area contributed by atoms with Crippen LogP contribution in [0.5, 0.6) is 0 Å². The zero-order chi connectivity index (χ0) is 14.8. The van der Waals surface area contributed by atoms with Crippen LogP contribution in [0, 0.1) is 5.82 Å². The molecule has 3 nitrogen and oxygen atoms in total. The summed E-state index contributed by atoms with van der Waals surface area (Å²) in [6, 6.07) is 12.8. The Hall–Kier alpha value is -2.46. The monoisotopic (exact) mass is 300 g/mol. The molecule has 0 aliphatic rings. The van der Waals surface area contributed by atoms with E-state index in [1.165, 1.54) is 18.2 Å². The molecular weight excluding hydrogens is 291 g/mol. The average Bonchev–Trinajstić information content (AvgIpc) is 2.50. The summed E-state index contributed by atoms with van der Waals surface area (Å²) in [5.74, 6) is -0.944. The molecule has 0 unspecified atom stereocenters. The van der Waals surface area contributed by atoms with E-state index in [2.05, 4.69) is 10.3 Å². The molecule has 3 rings (SSSR count). The maximum Gasteiger partial charge on any atom is 0.256 e. The van der Waals surface area contributed by atoms with Crippen molar-refractivity contribution in [2.45, 2.75) is 0 Å². The molecule has 0 fully saturated rings. The van der Waals surface area contributed by atoms with Crippen LogP contribution >= 0.6 is 11.6 Å². The van der Waals surface area contributed by atoms with Gasteiger partial charge in [0.05, 0.1) is 11.2 Å². The number of benzene rings is 2. The lowest BCUT2D eigenvalue weighted by Gasteiger charge is -2.09. The van der Waals surface area contributed by atoms with Crippen LogP contribution in [0.15, 0.2) is 54.7 Å². The summed E-state index contributed by atoms with van der Waals surface area (Å²) in [5, 5.41) is 3.59. The predicted octanol–water partition coefficient (Wildman–Crippen LogP) is 4.28. The number of rotatable bonds is 2. The van der Waals surface area contributed by atoms with Crippen LogP contribution in [0.25, 0.3) is 10.9 Å². The fraction of sp³-hybridized carbons (Fsp3) is 0. The van der Waals surface area contributed by atoms with E-state index in [0.717, 1.165) is 0 Å². The molecule has 1 heterocycles. The Morgan fingerprint density at radius 3 is 2.86 bits per heavy atom. The smallest absolute Gasteiger partial charge is 0.256 e. The van der Waals surface area contributed by atoms with E-state index in [4.69, 9.17) is 11.6 Å². The van der Waals surface area contributed by atoms with E-state index in [1.54, 1.807) is 30.5 Å². The molecule has 0 atom stereocenters. The molecule has 1 aromatic heterocycles. The Bertz CT molecular complexity index is 830. The van der Waals surface area contributed by atoms with Gasteiger partial charge >= 0.3 is 0 Å². The number of fused-ring (bicyclic) bond motifs is 1. The normalized spacial score (nSPS) is 10.6. The molecule has 0 aliphatic carbocycles. The van der Waals surface area contributed by atoms with Gasteiger partial charge in [-0.15, -0.1) is 0 Å². The van der Waals surface area contributed by atoms with Crippen molar-refractivity contribution in [3.63, 3.8) is 0 Å². The van der Waals surface area contributed by atoms with Crippen molar-refractivity contribution in [3.8, 4) is 0 Å². The number of amides is 1. The Balaban J connectivity index is 1.99. The molecule has 0 spiro atoms.